The van der Waals surface area contributed by atoms with Crippen molar-refractivity contribution >= 4 is 6.03 Å². The van der Waals surface area contributed by atoms with Crippen LogP contribution in [0.4, 0.5) is 4.79 Å². The minimum atomic E-state index is -0.744. The lowest BCUT2D eigenvalue weighted by atomic mass is 10.2. The number of hydrogen-bond donors (Lipinski definition) is 4. The van der Waals surface area contributed by atoms with Gasteiger partial charge in [0.05, 0.1) is 12.7 Å². The van der Waals surface area contributed by atoms with E-state index in [1.165, 1.54) is 0 Å². The zero-order chi connectivity index (χ0) is 9.14. The summed E-state index contributed by atoms with van der Waals surface area (Å²) < 4.78 is 5.02. The molecule has 0 spiro atoms. The standard InChI is InChI=1S/C6H12N2O4/c7-6(11)8-5-1-3(10)4(2-9)12-5/h3-5,9-10H,1-2H2,(H3,7,8,11)/t3-,4?,5-/m1/s1. The highest BCUT2D eigenvalue weighted by Crippen LogP contribution is 2.17. The van der Waals surface area contributed by atoms with Gasteiger partial charge in [-0.3, -0.25) is 0 Å². The summed E-state index contributed by atoms with van der Waals surface area (Å²) in [7, 11) is 0. The first-order valence-corrected chi connectivity index (χ1v) is 3.64. The molecule has 1 aliphatic heterocycles. The molecule has 1 aliphatic rings. The molecule has 6 nitrogen and oxygen atoms in total. The van der Waals surface area contributed by atoms with Gasteiger partial charge in [0.1, 0.15) is 12.3 Å². The molecule has 1 heterocycles. The van der Waals surface area contributed by atoms with Crippen LogP contribution in [0.5, 0.6) is 0 Å². The fourth-order valence-corrected chi connectivity index (χ4v) is 1.14. The predicted molar refractivity (Wildman–Crippen MR) is 39.1 cm³/mol. The van der Waals surface area contributed by atoms with Crippen LogP contribution >= 0.6 is 0 Å². The highest BCUT2D eigenvalue weighted by atomic mass is 16.5. The van der Waals surface area contributed by atoms with E-state index in [1.54, 1.807) is 0 Å². The lowest BCUT2D eigenvalue weighted by Crippen LogP contribution is -2.38. The summed E-state index contributed by atoms with van der Waals surface area (Å²) in [4.78, 5) is 10.3. The molecule has 12 heavy (non-hydrogen) atoms. The zero-order valence-corrected chi connectivity index (χ0v) is 6.43. The van der Waals surface area contributed by atoms with Crippen LogP contribution in [0, 0.1) is 0 Å². The number of carbonyl (C=O) groups is 1. The summed E-state index contributed by atoms with van der Waals surface area (Å²) in [5.41, 5.74) is 4.83. The van der Waals surface area contributed by atoms with Crippen molar-refractivity contribution in [3.05, 3.63) is 0 Å². The second-order valence-electron chi connectivity index (χ2n) is 2.66. The van der Waals surface area contributed by atoms with Gasteiger partial charge in [0, 0.05) is 6.42 Å². The summed E-state index contributed by atoms with van der Waals surface area (Å²) in [6.45, 7) is -0.266. The number of hydrogen-bond acceptors (Lipinski definition) is 4. The first kappa shape index (κ1) is 9.24. The quantitative estimate of drug-likeness (QED) is 0.395. The predicted octanol–water partition coefficient (Wildman–Crippen LogP) is -1.88. The van der Waals surface area contributed by atoms with E-state index in [0.29, 0.717) is 0 Å². The van der Waals surface area contributed by atoms with E-state index in [9.17, 15) is 9.90 Å². The number of primary amides is 1. The van der Waals surface area contributed by atoms with E-state index in [4.69, 9.17) is 15.6 Å². The van der Waals surface area contributed by atoms with Crippen LogP contribution < -0.4 is 11.1 Å². The van der Waals surface area contributed by atoms with Gasteiger partial charge in [-0.1, -0.05) is 0 Å². The Balaban J connectivity index is 2.37. The monoisotopic (exact) mass is 176 g/mol. The second-order valence-corrected chi connectivity index (χ2v) is 2.66. The first-order valence-electron chi connectivity index (χ1n) is 3.64. The Hall–Kier alpha value is -0.850. The number of aliphatic hydroxyl groups is 2. The van der Waals surface area contributed by atoms with E-state index in [-0.39, 0.29) is 13.0 Å². The largest absolute Gasteiger partial charge is 0.394 e. The highest BCUT2D eigenvalue weighted by Gasteiger charge is 2.33. The van der Waals surface area contributed by atoms with E-state index < -0.39 is 24.5 Å². The van der Waals surface area contributed by atoms with E-state index >= 15 is 0 Å². The van der Waals surface area contributed by atoms with E-state index in [2.05, 4.69) is 5.32 Å². The number of carbonyl (C=O) groups excluding carboxylic acids is 1. The van der Waals surface area contributed by atoms with Crippen molar-refractivity contribution in [2.75, 3.05) is 6.61 Å². The number of rotatable bonds is 2. The molecule has 0 bridgehead atoms. The lowest BCUT2D eigenvalue weighted by Gasteiger charge is -2.11. The molecule has 0 aliphatic carbocycles. The average Bonchev–Trinajstić information content (AvgIpc) is 2.29. The summed E-state index contributed by atoms with van der Waals surface area (Å²) in [6, 6.07) is -0.703. The number of nitrogens with two attached hydrogens (primary N) is 1. The van der Waals surface area contributed by atoms with Crippen molar-refractivity contribution < 1.29 is 19.7 Å². The maximum atomic E-state index is 10.3. The number of ether oxygens (including phenoxy) is 1. The molecule has 1 rings (SSSR count). The maximum absolute atomic E-state index is 10.3. The van der Waals surface area contributed by atoms with E-state index in [1.807, 2.05) is 0 Å². The van der Waals surface area contributed by atoms with Crippen LogP contribution in [0.3, 0.4) is 0 Å². The molecule has 70 valence electrons. The lowest BCUT2D eigenvalue weighted by molar-refractivity contribution is -0.0270. The molecule has 0 saturated carbocycles. The summed E-state index contributed by atoms with van der Waals surface area (Å²) >= 11 is 0. The first-order chi connectivity index (χ1) is 5.63. The van der Waals surface area contributed by atoms with Gasteiger partial charge in [0.15, 0.2) is 0 Å². The summed E-state index contributed by atoms with van der Waals surface area (Å²) in [5, 5.41) is 20.1. The second kappa shape index (κ2) is 3.70. The normalized spacial score (nSPS) is 35.0. The SMILES string of the molecule is NC(=O)N[C@H]1C[C@@H](O)C(CO)O1. The van der Waals surface area contributed by atoms with Gasteiger partial charge in [-0.15, -0.1) is 0 Å². The molecule has 0 aromatic heterocycles. The van der Waals surface area contributed by atoms with Gasteiger partial charge in [-0.05, 0) is 0 Å². The van der Waals surface area contributed by atoms with Crippen molar-refractivity contribution in [3.63, 3.8) is 0 Å². The van der Waals surface area contributed by atoms with Crippen LogP contribution in [0.1, 0.15) is 6.42 Å². The molecule has 1 unspecified atom stereocenters. The third-order valence-electron chi connectivity index (χ3n) is 1.71. The molecule has 1 fully saturated rings. The molecule has 5 N–H and O–H groups in total. The summed E-state index contributed by atoms with van der Waals surface area (Å²) in [5.74, 6) is 0. The van der Waals surface area contributed by atoms with Crippen molar-refractivity contribution in [1.82, 2.24) is 5.32 Å². The fraction of sp³-hybridized carbons (Fsp3) is 0.833. The van der Waals surface area contributed by atoms with Gasteiger partial charge in [0.25, 0.3) is 0 Å². The Morgan fingerprint density at radius 3 is 2.83 bits per heavy atom. The Morgan fingerprint density at radius 1 is 1.75 bits per heavy atom. The molecule has 1 saturated heterocycles. The third kappa shape index (κ3) is 2.07. The number of nitrogens with one attached hydrogen (secondary N) is 1. The van der Waals surface area contributed by atoms with Crippen LogP contribution in [-0.2, 0) is 4.74 Å². The van der Waals surface area contributed by atoms with Gasteiger partial charge < -0.3 is 26.0 Å². The van der Waals surface area contributed by atoms with Crippen LogP contribution in [-0.4, -0.2) is 41.3 Å². The highest BCUT2D eigenvalue weighted by molar-refractivity contribution is 5.71. The number of amides is 2. The maximum Gasteiger partial charge on any atom is 0.314 e. The smallest absolute Gasteiger partial charge is 0.314 e. The Bertz CT molecular complexity index is 175. The van der Waals surface area contributed by atoms with Gasteiger partial charge in [-0.25, -0.2) is 4.79 Å². The van der Waals surface area contributed by atoms with E-state index in [0.717, 1.165) is 0 Å². The molecule has 2 amide bonds. The van der Waals surface area contributed by atoms with Gasteiger partial charge >= 0.3 is 6.03 Å². The minimum absolute atomic E-state index is 0.258. The van der Waals surface area contributed by atoms with Gasteiger partial charge in [-0.2, -0.15) is 0 Å². The fourth-order valence-electron chi connectivity index (χ4n) is 1.14. The average molecular weight is 176 g/mol. The van der Waals surface area contributed by atoms with Crippen molar-refractivity contribution in [2.45, 2.75) is 24.9 Å². The molecule has 3 atom stereocenters. The molecule has 0 radical (unpaired) electrons. The molecule has 6 heteroatoms. The zero-order valence-electron chi connectivity index (χ0n) is 6.43. The van der Waals surface area contributed by atoms with Crippen molar-refractivity contribution in [2.24, 2.45) is 5.73 Å². The van der Waals surface area contributed by atoms with Crippen molar-refractivity contribution in [3.8, 4) is 0 Å². The number of urea groups is 1. The van der Waals surface area contributed by atoms with Gasteiger partial charge in [0.2, 0.25) is 0 Å². The molecular weight excluding hydrogens is 164 g/mol. The third-order valence-corrected chi connectivity index (χ3v) is 1.71. The molecular formula is C6H12N2O4. The molecule has 0 aromatic rings. The van der Waals surface area contributed by atoms with Crippen LogP contribution in [0.2, 0.25) is 0 Å². The Morgan fingerprint density at radius 2 is 2.42 bits per heavy atom. The van der Waals surface area contributed by atoms with Crippen LogP contribution in [0.25, 0.3) is 0 Å². The Labute approximate surface area is 69.3 Å². The Kier molecular flexibility index (Phi) is 2.85. The number of aliphatic hydroxyl groups excluding tert-OH is 2. The minimum Gasteiger partial charge on any atom is -0.394 e. The summed E-state index contributed by atoms with van der Waals surface area (Å²) in [6.07, 6.45) is -1.70. The molecule has 0 aromatic carbocycles. The van der Waals surface area contributed by atoms with Crippen molar-refractivity contribution in [1.29, 1.82) is 0 Å². The van der Waals surface area contributed by atoms with Crippen LogP contribution in [0.15, 0.2) is 0 Å². The topological polar surface area (TPSA) is 105 Å².